The Labute approximate surface area is 184 Å². The summed E-state index contributed by atoms with van der Waals surface area (Å²) in [6.07, 6.45) is 0. The summed E-state index contributed by atoms with van der Waals surface area (Å²) < 4.78 is 39.1. The number of hydrogen-bond donors (Lipinski definition) is 2. The zero-order valence-electron chi connectivity index (χ0n) is 16.2. The predicted octanol–water partition coefficient (Wildman–Crippen LogP) is 3.89. The van der Waals surface area contributed by atoms with Crippen molar-refractivity contribution in [3.05, 3.63) is 78.4 Å². The third-order valence-corrected chi connectivity index (χ3v) is 7.07. The summed E-state index contributed by atoms with van der Waals surface area (Å²) >= 11 is 1.39. The van der Waals surface area contributed by atoms with E-state index in [1.807, 2.05) is 54.6 Å². The summed E-state index contributed by atoms with van der Waals surface area (Å²) in [5, 5.41) is 9.45. The van der Waals surface area contributed by atoms with Gasteiger partial charge in [0.25, 0.3) is 0 Å². The molecule has 1 unspecified atom stereocenters. The summed E-state index contributed by atoms with van der Waals surface area (Å²) in [5.74, 6) is -0.0694. The van der Waals surface area contributed by atoms with Gasteiger partial charge >= 0.3 is 5.97 Å². The van der Waals surface area contributed by atoms with Gasteiger partial charge in [-0.2, -0.15) is 4.72 Å². The molecule has 0 fully saturated rings. The first-order valence-corrected chi connectivity index (χ1v) is 11.7. The molecule has 31 heavy (non-hydrogen) atoms. The molecule has 0 spiro atoms. The average Bonchev–Trinajstić information content (AvgIpc) is 2.77. The first-order chi connectivity index (χ1) is 14.9. The number of carboxylic acids is 1. The fourth-order valence-electron chi connectivity index (χ4n) is 2.96. The topological polar surface area (TPSA) is 102 Å². The van der Waals surface area contributed by atoms with Crippen LogP contribution >= 0.6 is 11.8 Å². The van der Waals surface area contributed by atoms with E-state index in [1.54, 1.807) is 6.07 Å². The normalized spacial score (nSPS) is 13.5. The molecule has 0 saturated carbocycles. The number of para-hydroxylation sites is 1. The van der Waals surface area contributed by atoms with Crippen molar-refractivity contribution in [2.75, 3.05) is 6.61 Å². The minimum atomic E-state index is -4.09. The SMILES string of the molecule is O=C(O)C(COCc1ccccc1)NS(=O)(=O)c1ccc2c(c1)Sc1ccccc1O2. The highest BCUT2D eigenvalue weighted by atomic mass is 32.2. The Bertz CT molecular complexity index is 1200. The Morgan fingerprint density at radius 1 is 1.00 bits per heavy atom. The lowest BCUT2D eigenvalue weighted by Crippen LogP contribution is -2.43. The smallest absolute Gasteiger partial charge is 0.324 e. The Morgan fingerprint density at radius 2 is 1.71 bits per heavy atom. The maximum atomic E-state index is 12.8. The van der Waals surface area contributed by atoms with Crippen LogP contribution in [0.1, 0.15) is 5.56 Å². The van der Waals surface area contributed by atoms with Gasteiger partial charge in [0, 0.05) is 0 Å². The van der Waals surface area contributed by atoms with Crippen molar-refractivity contribution >= 4 is 27.8 Å². The zero-order chi connectivity index (χ0) is 21.8. The molecule has 1 heterocycles. The van der Waals surface area contributed by atoms with Crippen LogP contribution in [0.4, 0.5) is 0 Å². The first kappa shape index (κ1) is 21.4. The van der Waals surface area contributed by atoms with E-state index in [1.165, 1.54) is 23.9 Å². The predicted molar refractivity (Wildman–Crippen MR) is 115 cm³/mol. The minimum absolute atomic E-state index is 0.0453. The summed E-state index contributed by atoms with van der Waals surface area (Å²) in [4.78, 5) is 13.0. The standard InChI is InChI=1S/C22H19NO6S2/c24-22(25)17(14-28-13-15-6-2-1-3-7-15)23-31(26,27)16-10-11-19-21(12-16)30-20-9-5-4-8-18(20)29-19/h1-12,17,23H,13-14H2,(H,24,25). The first-order valence-electron chi connectivity index (χ1n) is 9.38. The number of fused-ring (bicyclic) bond motifs is 2. The van der Waals surface area contributed by atoms with Gasteiger partial charge in [0.2, 0.25) is 10.0 Å². The fraction of sp³-hybridized carbons (Fsp3) is 0.136. The third-order valence-electron chi connectivity index (χ3n) is 4.51. The molecular weight excluding hydrogens is 438 g/mol. The van der Waals surface area contributed by atoms with Crippen molar-refractivity contribution in [2.24, 2.45) is 0 Å². The zero-order valence-corrected chi connectivity index (χ0v) is 17.9. The van der Waals surface area contributed by atoms with Crippen molar-refractivity contribution in [1.82, 2.24) is 4.72 Å². The lowest BCUT2D eigenvalue weighted by molar-refractivity contribution is -0.140. The molecule has 0 bridgehead atoms. The molecule has 9 heteroatoms. The van der Waals surface area contributed by atoms with Crippen LogP contribution in [0.25, 0.3) is 0 Å². The quantitative estimate of drug-likeness (QED) is 0.414. The largest absolute Gasteiger partial charge is 0.480 e. The van der Waals surface area contributed by atoms with Crippen LogP contribution < -0.4 is 9.46 Å². The number of carboxylic acid groups (broad SMARTS) is 1. The summed E-state index contributed by atoms with van der Waals surface area (Å²) in [6.45, 7) is -0.127. The van der Waals surface area contributed by atoms with Gasteiger partial charge in [-0.15, -0.1) is 0 Å². The maximum absolute atomic E-state index is 12.8. The number of aliphatic carboxylic acids is 1. The maximum Gasteiger partial charge on any atom is 0.324 e. The van der Waals surface area contributed by atoms with Crippen LogP contribution in [-0.2, 0) is 26.2 Å². The highest BCUT2D eigenvalue weighted by molar-refractivity contribution is 7.99. The number of nitrogens with one attached hydrogen (secondary N) is 1. The van der Waals surface area contributed by atoms with Crippen molar-refractivity contribution in [2.45, 2.75) is 27.3 Å². The second-order valence-corrected chi connectivity index (χ2v) is 9.57. The highest BCUT2D eigenvalue weighted by Gasteiger charge is 2.27. The number of rotatable bonds is 8. The molecule has 0 radical (unpaired) electrons. The van der Waals surface area contributed by atoms with Gasteiger partial charge in [0.15, 0.2) is 0 Å². The van der Waals surface area contributed by atoms with Crippen LogP contribution in [0.5, 0.6) is 11.5 Å². The van der Waals surface area contributed by atoms with Crippen LogP contribution in [0, 0.1) is 0 Å². The number of hydrogen-bond acceptors (Lipinski definition) is 6. The average molecular weight is 458 g/mol. The van der Waals surface area contributed by atoms with Crippen molar-refractivity contribution in [3.8, 4) is 11.5 Å². The molecule has 2 N–H and O–H groups in total. The van der Waals surface area contributed by atoms with E-state index in [9.17, 15) is 18.3 Å². The minimum Gasteiger partial charge on any atom is -0.480 e. The Hall–Kier alpha value is -2.85. The number of benzene rings is 3. The van der Waals surface area contributed by atoms with E-state index in [4.69, 9.17) is 9.47 Å². The van der Waals surface area contributed by atoms with E-state index in [2.05, 4.69) is 4.72 Å². The molecule has 4 rings (SSSR count). The van der Waals surface area contributed by atoms with Crippen LogP contribution in [0.2, 0.25) is 0 Å². The molecule has 3 aromatic rings. The summed E-state index contributed by atoms with van der Waals surface area (Å²) in [6, 6.07) is 19.7. The number of ether oxygens (including phenoxy) is 2. The molecule has 3 aromatic carbocycles. The van der Waals surface area contributed by atoms with E-state index >= 15 is 0 Å². The fourth-order valence-corrected chi connectivity index (χ4v) is 5.22. The van der Waals surface area contributed by atoms with E-state index in [0.717, 1.165) is 10.5 Å². The van der Waals surface area contributed by atoms with E-state index < -0.39 is 22.0 Å². The molecule has 0 saturated heterocycles. The Kier molecular flexibility index (Phi) is 6.28. The lowest BCUT2D eigenvalue weighted by atomic mass is 10.2. The molecule has 1 atom stereocenters. The molecule has 1 aliphatic heterocycles. The molecular formula is C22H19NO6S2. The Balaban J connectivity index is 1.46. The van der Waals surface area contributed by atoms with E-state index in [0.29, 0.717) is 16.4 Å². The monoisotopic (exact) mass is 457 g/mol. The third kappa shape index (κ3) is 5.08. The lowest BCUT2D eigenvalue weighted by Gasteiger charge is -2.20. The molecule has 160 valence electrons. The van der Waals surface area contributed by atoms with Gasteiger partial charge in [-0.05, 0) is 35.9 Å². The van der Waals surface area contributed by atoms with Gasteiger partial charge in [-0.1, -0.05) is 54.2 Å². The highest BCUT2D eigenvalue weighted by Crippen LogP contribution is 2.47. The van der Waals surface area contributed by atoms with Crippen LogP contribution in [-0.4, -0.2) is 32.1 Å². The van der Waals surface area contributed by atoms with E-state index in [-0.39, 0.29) is 18.1 Å². The molecule has 7 nitrogen and oxygen atoms in total. The number of sulfonamides is 1. The summed E-state index contributed by atoms with van der Waals surface area (Å²) in [7, 11) is -4.09. The van der Waals surface area contributed by atoms with Gasteiger partial charge in [-0.3, -0.25) is 4.79 Å². The van der Waals surface area contributed by atoms with Gasteiger partial charge in [0.1, 0.15) is 17.5 Å². The van der Waals surface area contributed by atoms with Crippen LogP contribution in [0.15, 0.2) is 87.5 Å². The van der Waals surface area contributed by atoms with Gasteiger partial charge in [0.05, 0.1) is 27.9 Å². The van der Waals surface area contributed by atoms with Gasteiger partial charge < -0.3 is 14.6 Å². The van der Waals surface area contributed by atoms with Crippen molar-refractivity contribution in [3.63, 3.8) is 0 Å². The van der Waals surface area contributed by atoms with Crippen LogP contribution in [0.3, 0.4) is 0 Å². The van der Waals surface area contributed by atoms with Crippen molar-refractivity contribution in [1.29, 1.82) is 0 Å². The molecule has 1 aliphatic rings. The molecule has 0 amide bonds. The molecule has 0 aromatic heterocycles. The summed E-state index contributed by atoms with van der Waals surface area (Å²) in [5.41, 5.74) is 0.862. The Morgan fingerprint density at radius 3 is 2.48 bits per heavy atom. The van der Waals surface area contributed by atoms with Gasteiger partial charge in [-0.25, -0.2) is 8.42 Å². The second-order valence-electron chi connectivity index (χ2n) is 6.77. The second kappa shape index (κ2) is 9.11. The van der Waals surface area contributed by atoms with Crippen molar-refractivity contribution < 1.29 is 27.8 Å². The molecule has 0 aliphatic carbocycles. The number of carbonyl (C=O) groups is 1.